The minimum atomic E-state index is -0.456. The molecule has 2 atom stereocenters. The van der Waals surface area contributed by atoms with Crippen LogP contribution in [0.5, 0.6) is 5.75 Å². The number of ether oxygens (including phenoxy) is 2. The van der Waals surface area contributed by atoms with Crippen LogP contribution in [-0.4, -0.2) is 30.5 Å². The Bertz CT molecular complexity index is 1070. The SMILES string of the molecule is CCCOC(=O)C1=C(C)NC2=C(C(=O)C[C@@H](c3ccc(OC)cc3)C2)[C@@H]1c1ccncc1. The van der Waals surface area contributed by atoms with Gasteiger partial charge in [0, 0.05) is 41.7 Å². The maximum Gasteiger partial charge on any atom is 0.336 e. The molecule has 2 aromatic rings. The highest BCUT2D eigenvalue weighted by Gasteiger charge is 2.41. The van der Waals surface area contributed by atoms with Crippen molar-refractivity contribution in [1.29, 1.82) is 0 Å². The van der Waals surface area contributed by atoms with E-state index in [-0.39, 0.29) is 17.7 Å². The van der Waals surface area contributed by atoms with Gasteiger partial charge in [0.15, 0.2) is 5.78 Å². The third kappa shape index (κ3) is 4.17. The molecule has 0 unspecified atom stereocenters. The lowest BCUT2D eigenvalue weighted by Crippen LogP contribution is -2.36. The third-order valence-corrected chi connectivity index (χ3v) is 6.11. The summed E-state index contributed by atoms with van der Waals surface area (Å²) in [5, 5.41) is 3.38. The molecule has 0 saturated heterocycles. The van der Waals surface area contributed by atoms with Crippen LogP contribution in [-0.2, 0) is 14.3 Å². The van der Waals surface area contributed by atoms with E-state index < -0.39 is 5.92 Å². The first kappa shape index (κ1) is 21.8. The number of carbonyl (C=O) groups excluding carboxylic acids is 2. The van der Waals surface area contributed by atoms with Crippen LogP contribution in [0.1, 0.15) is 56.1 Å². The molecule has 1 N–H and O–H groups in total. The summed E-state index contributed by atoms with van der Waals surface area (Å²) in [5.74, 6) is 0.0744. The molecule has 1 aromatic carbocycles. The molecule has 6 heteroatoms. The number of ketones is 1. The summed E-state index contributed by atoms with van der Waals surface area (Å²) in [6.07, 6.45) is 5.21. The standard InChI is InChI=1S/C26H28N2O4/c1-4-13-32-26(30)23-16(2)28-21-14-19(17-5-7-20(31-3)8-6-17)15-22(29)25(21)24(23)18-9-11-27-12-10-18/h5-12,19,24,28H,4,13-15H2,1-3H3/t19-,24+/m0/s1. The van der Waals surface area contributed by atoms with Gasteiger partial charge in [-0.15, -0.1) is 0 Å². The molecule has 0 bridgehead atoms. The van der Waals surface area contributed by atoms with E-state index in [0.29, 0.717) is 30.6 Å². The number of benzene rings is 1. The number of nitrogens with zero attached hydrogens (tertiary/aromatic N) is 1. The molecule has 6 nitrogen and oxygen atoms in total. The van der Waals surface area contributed by atoms with E-state index in [1.54, 1.807) is 19.5 Å². The highest BCUT2D eigenvalue weighted by Crippen LogP contribution is 2.45. The smallest absolute Gasteiger partial charge is 0.336 e. The fourth-order valence-electron chi connectivity index (χ4n) is 4.58. The van der Waals surface area contributed by atoms with Crippen molar-refractivity contribution in [2.45, 2.75) is 44.9 Å². The minimum Gasteiger partial charge on any atom is -0.497 e. The molecule has 32 heavy (non-hydrogen) atoms. The number of allylic oxidation sites excluding steroid dienone is 3. The molecule has 1 aliphatic heterocycles. The molecular formula is C26H28N2O4. The largest absolute Gasteiger partial charge is 0.497 e. The number of hydrogen-bond acceptors (Lipinski definition) is 6. The van der Waals surface area contributed by atoms with Crippen molar-refractivity contribution in [1.82, 2.24) is 10.3 Å². The van der Waals surface area contributed by atoms with Crippen molar-refractivity contribution in [2.75, 3.05) is 13.7 Å². The van der Waals surface area contributed by atoms with Gasteiger partial charge < -0.3 is 14.8 Å². The first-order chi connectivity index (χ1) is 15.5. The van der Waals surface area contributed by atoms with Gasteiger partial charge >= 0.3 is 5.97 Å². The van der Waals surface area contributed by atoms with Crippen LogP contribution in [0.2, 0.25) is 0 Å². The number of methoxy groups -OCH3 is 1. The maximum absolute atomic E-state index is 13.5. The minimum absolute atomic E-state index is 0.0506. The van der Waals surface area contributed by atoms with Gasteiger partial charge in [-0.1, -0.05) is 19.1 Å². The first-order valence-electron chi connectivity index (χ1n) is 11.0. The van der Waals surface area contributed by atoms with Gasteiger partial charge in [-0.2, -0.15) is 0 Å². The number of esters is 1. The number of rotatable bonds is 6. The Morgan fingerprint density at radius 2 is 1.81 bits per heavy atom. The van der Waals surface area contributed by atoms with E-state index in [1.165, 1.54) is 0 Å². The molecule has 0 amide bonds. The van der Waals surface area contributed by atoms with Crippen molar-refractivity contribution < 1.29 is 19.1 Å². The Labute approximate surface area is 188 Å². The Balaban J connectivity index is 1.73. The molecule has 1 aromatic heterocycles. The highest BCUT2D eigenvalue weighted by molar-refractivity contribution is 6.04. The molecule has 2 heterocycles. The van der Waals surface area contributed by atoms with Crippen LogP contribution in [0.3, 0.4) is 0 Å². The molecule has 0 spiro atoms. The predicted molar refractivity (Wildman–Crippen MR) is 121 cm³/mol. The van der Waals surface area contributed by atoms with Gasteiger partial charge in [-0.3, -0.25) is 9.78 Å². The summed E-state index contributed by atoms with van der Waals surface area (Å²) in [4.78, 5) is 30.6. The fraction of sp³-hybridized carbons (Fsp3) is 0.346. The van der Waals surface area contributed by atoms with E-state index in [1.807, 2.05) is 50.2 Å². The van der Waals surface area contributed by atoms with Crippen LogP contribution in [0, 0.1) is 0 Å². The number of carbonyl (C=O) groups is 2. The molecule has 4 rings (SSSR count). The monoisotopic (exact) mass is 432 g/mol. The van der Waals surface area contributed by atoms with Gasteiger partial charge in [0.2, 0.25) is 0 Å². The van der Waals surface area contributed by atoms with Gasteiger partial charge in [0.1, 0.15) is 5.75 Å². The molecule has 166 valence electrons. The van der Waals surface area contributed by atoms with Gasteiger partial charge in [0.25, 0.3) is 0 Å². The lowest BCUT2D eigenvalue weighted by Gasteiger charge is -2.36. The Morgan fingerprint density at radius 1 is 1.09 bits per heavy atom. The number of Topliss-reactive ketones (excluding diaryl/α,β-unsaturated/α-hetero) is 1. The zero-order valence-electron chi connectivity index (χ0n) is 18.7. The lowest BCUT2D eigenvalue weighted by molar-refractivity contribution is -0.139. The highest BCUT2D eigenvalue weighted by atomic mass is 16.5. The second kappa shape index (κ2) is 9.39. The number of nitrogens with one attached hydrogen (secondary N) is 1. The summed E-state index contributed by atoms with van der Waals surface area (Å²) in [7, 11) is 1.64. The number of hydrogen-bond donors (Lipinski definition) is 1. The molecular weight excluding hydrogens is 404 g/mol. The van der Waals surface area contributed by atoms with E-state index in [4.69, 9.17) is 9.47 Å². The quantitative estimate of drug-likeness (QED) is 0.682. The predicted octanol–water partition coefficient (Wildman–Crippen LogP) is 4.41. The fourth-order valence-corrected chi connectivity index (χ4v) is 4.58. The van der Waals surface area contributed by atoms with Crippen molar-refractivity contribution in [3.05, 3.63) is 82.5 Å². The average molecular weight is 433 g/mol. The maximum atomic E-state index is 13.5. The molecule has 0 fully saturated rings. The van der Waals surface area contributed by atoms with Crippen LogP contribution in [0.25, 0.3) is 0 Å². The van der Waals surface area contributed by atoms with Crippen molar-refractivity contribution in [3.8, 4) is 5.75 Å². The second-order valence-corrected chi connectivity index (χ2v) is 8.21. The average Bonchev–Trinajstić information content (AvgIpc) is 2.82. The second-order valence-electron chi connectivity index (χ2n) is 8.21. The summed E-state index contributed by atoms with van der Waals surface area (Å²) in [6, 6.07) is 11.6. The number of pyridine rings is 1. The van der Waals surface area contributed by atoms with Crippen LogP contribution in [0.15, 0.2) is 71.3 Å². The van der Waals surface area contributed by atoms with Gasteiger partial charge in [-0.05, 0) is 61.1 Å². The van der Waals surface area contributed by atoms with Crippen LogP contribution >= 0.6 is 0 Å². The van der Waals surface area contributed by atoms with Crippen molar-refractivity contribution in [2.24, 2.45) is 0 Å². The van der Waals surface area contributed by atoms with Crippen LogP contribution < -0.4 is 10.1 Å². The zero-order chi connectivity index (χ0) is 22.7. The van der Waals surface area contributed by atoms with Crippen molar-refractivity contribution >= 4 is 11.8 Å². The Morgan fingerprint density at radius 3 is 2.47 bits per heavy atom. The third-order valence-electron chi connectivity index (χ3n) is 6.11. The summed E-state index contributed by atoms with van der Waals surface area (Å²) >= 11 is 0. The van der Waals surface area contributed by atoms with E-state index in [9.17, 15) is 9.59 Å². The van der Waals surface area contributed by atoms with E-state index >= 15 is 0 Å². The normalized spacial score (nSPS) is 20.5. The van der Waals surface area contributed by atoms with Crippen molar-refractivity contribution in [3.63, 3.8) is 0 Å². The van der Waals surface area contributed by atoms with Crippen LogP contribution in [0.4, 0.5) is 0 Å². The molecule has 0 radical (unpaired) electrons. The van der Waals surface area contributed by atoms with E-state index in [0.717, 1.165) is 34.7 Å². The number of dihydropyridines is 1. The Hall–Kier alpha value is -3.41. The Kier molecular flexibility index (Phi) is 6.40. The topological polar surface area (TPSA) is 77.5 Å². The van der Waals surface area contributed by atoms with Gasteiger partial charge in [-0.25, -0.2) is 4.79 Å². The number of aromatic nitrogens is 1. The molecule has 0 saturated carbocycles. The van der Waals surface area contributed by atoms with Gasteiger partial charge in [0.05, 0.1) is 19.3 Å². The first-order valence-corrected chi connectivity index (χ1v) is 11.0. The lowest BCUT2D eigenvalue weighted by atomic mass is 9.72. The summed E-state index contributed by atoms with van der Waals surface area (Å²) < 4.78 is 10.7. The molecule has 1 aliphatic carbocycles. The zero-order valence-corrected chi connectivity index (χ0v) is 18.7. The molecule has 2 aliphatic rings. The van der Waals surface area contributed by atoms with E-state index in [2.05, 4.69) is 10.3 Å². The summed E-state index contributed by atoms with van der Waals surface area (Å²) in [6.45, 7) is 4.18. The summed E-state index contributed by atoms with van der Waals surface area (Å²) in [5.41, 5.74) is 4.74.